The van der Waals surface area contributed by atoms with E-state index in [4.69, 9.17) is 5.73 Å². The summed E-state index contributed by atoms with van der Waals surface area (Å²) in [5.41, 5.74) is 7.46. The van der Waals surface area contributed by atoms with E-state index < -0.39 is 0 Å². The summed E-state index contributed by atoms with van der Waals surface area (Å²) in [5, 5.41) is 11.2. The highest BCUT2D eigenvalue weighted by atomic mass is 15.4. The van der Waals surface area contributed by atoms with Gasteiger partial charge in [-0.2, -0.15) is 0 Å². The average Bonchev–Trinajstić information content (AvgIpc) is 2.25. The molecular formula is C8H8N4. The lowest BCUT2D eigenvalue weighted by Gasteiger charge is -1.98. The minimum absolute atomic E-state index is 0.503. The summed E-state index contributed by atoms with van der Waals surface area (Å²) in [6.45, 7) is 0. The molecule has 0 aromatic heterocycles. The summed E-state index contributed by atoms with van der Waals surface area (Å²) in [5.74, 6) is 0.503. The number of nitrogens with zero attached hydrogens (tertiary/aromatic N) is 3. The molecule has 0 unspecified atom stereocenters. The molecule has 12 heavy (non-hydrogen) atoms. The van der Waals surface area contributed by atoms with Crippen LogP contribution in [0.4, 0.5) is 5.69 Å². The standard InChI is InChI=1S/C8H8N4/c9-8-5-6-3-1-2-4-7(6)10-12-11-8/h1-4H,5H2,(H2,9,10,11). The van der Waals surface area contributed by atoms with Crippen molar-refractivity contribution in [3.8, 4) is 0 Å². The summed E-state index contributed by atoms with van der Waals surface area (Å²) in [6.07, 6.45) is 0.628. The molecule has 0 saturated heterocycles. The number of amidine groups is 1. The molecule has 0 spiro atoms. The molecule has 1 aromatic carbocycles. The Balaban J connectivity index is 2.49. The number of fused-ring (bicyclic) bond motifs is 1. The molecule has 1 aliphatic heterocycles. The number of hydrogen-bond acceptors (Lipinski definition) is 4. The Morgan fingerprint density at radius 1 is 1.25 bits per heavy atom. The highest BCUT2D eigenvalue weighted by molar-refractivity contribution is 5.84. The maximum atomic E-state index is 5.55. The number of nitrogens with two attached hydrogens (primary N) is 1. The fourth-order valence-corrected chi connectivity index (χ4v) is 1.12. The van der Waals surface area contributed by atoms with Gasteiger partial charge in [-0.1, -0.05) is 18.2 Å². The van der Waals surface area contributed by atoms with E-state index in [9.17, 15) is 0 Å². The summed E-state index contributed by atoms with van der Waals surface area (Å²) >= 11 is 0. The second-order valence-electron chi connectivity index (χ2n) is 2.59. The van der Waals surface area contributed by atoms with Gasteiger partial charge in [-0.05, 0) is 16.9 Å². The van der Waals surface area contributed by atoms with Crippen LogP contribution in [0, 0.1) is 0 Å². The Kier molecular flexibility index (Phi) is 1.59. The zero-order valence-corrected chi connectivity index (χ0v) is 6.44. The van der Waals surface area contributed by atoms with Crippen molar-refractivity contribution >= 4 is 11.5 Å². The van der Waals surface area contributed by atoms with Gasteiger partial charge in [-0.15, -0.1) is 10.2 Å². The van der Waals surface area contributed by atoms with E-state index in [1.807, 2.05) is 24.3 Å². The molecule has 2 N–H and O–H groups in total. The summed E-state index contributed by atoms with van der Waals surface area (Å²) < 4.78 is 0. The normalized spacial score (nSPS) is 14.8. The van der Waals surface area contributed by atoms with Crippen molar-refractivity contribution in [2.45, 2.75) is 6.42 Å². The van der Waals surface area contributed by atoms with Crippen molar-refractivity contribution < 1.29 is 0 Å². The van der Waals surface area contributed by atoms with Crippen molar-refractivity contribution in [2.75, 3.05) is 0 Å². The Labute approximate surface area is 69.8 Å². The summed E-state index contributed by atoms with van der Waals surface area (Å²) in [7, 11) is 0. The first-order chi connectivity index (χ1) is 5.86. The molecular weight excluding hydrogens is 152 g/mol. The third-order valence-electron chi connectivity index (χ3n) is 1.69. The Bertz CT molecular complexity index is 354. The van der Waals surface area contributed by atoms with Crippen LogP contribution >= 0.6 is 0 Å². The van der Waals surface area contributed by atoms with E-state index in [-0.39, 0.29) is 0 Å². The predicted octanol–water partition coefficient (Wildman–Crippen LogP) is 1.60. The smallest absolute Gasteiger partial charge is 0.128 e. The molecule has 0 atom stereocenters. The first kappa shape index (κ1) is 6.97. The van der Waals surface area contributed by atoms with Gasteiger partial charge >= 0.3 is 0 Å². The number of rotatable bonds is 0. The first-order valence-electron chi connectivity index (χ1n) is 3.67. The molecule has 60 valence electrons. The quantitative estimate of drug-likeness (QED) is 0.615. The van der Waals surface area contributed by atoms with E-state index in [0.29, 0.717) is 12.3 Å². The number of benzene rings is 1. The van der Waals surface area contributed by atoms with Gasteiger partial charge in [0, 0.05) is 6.42 Å². The van der Waals surface area contributed by atoms with E-state index in [0.717, 1.165) is 11.3 Å². The van der Waals surface area contributed by atoms with Crippen LogP contribution in [0.25, 0.3) is 0 Å². The summed E-state index contributed by atoms with van der Waals surface area (Å²) in [6, 6.07) is 7.74. The minimum Gasteiger partial charge on any atom is -0.385 e. The van der Waals surface area contributed by atoms with Crippen molar-refractivity contribution in [2.24, 2.45) is 21.2 Å². The highest BCUT2D eigenvalue weighted by Crippen LogP contribution is 2.21. The predicted molar refractivity (Wildman–Crippen MR) is 46.3 cm³/mol. The zero-order chi connectivity index (χ0) is 8.39. The van der Waals surface area contributed by atoms with Gasteiger partial charge in [-0.25, -0.2) is 0 Å². The molecule has 1 aliphatic rings. The molecule has 4 heteroatoms. The van der Waals surface area contributed by atoms with Gasteiger partial charge in [0.15, 0.2) is 0 Å². The van der Waals surface area contributed by atoms with Crippen LogP contribution in [0.2, 0.25) is 0 Å². The number of hydrogen-bond donors (Lipinski definition) is 1. The Morgan fingerprint density at radius 3 is 3.00 bits per heavy atom. The zero-order valence-electron chi connectivity index (χ0n) is 6.44. The van der Waals surface area contributed by atoms with Crippen molar-refractivity contribution in [1.29, 1.82) is 0 Å². The van der Waals surface area contributed by atoms with Gasteiger partial charge in [-0.3, -0.25) is 0 Å². The van der Waals surface area contributed by atoms with Crippen LogP contribution in [0.5, 0.6) is 0 Å². The van der Waals surface area contributed by atoms with Gasteiger partial charge < -0.3 is 5.73 Å². The first-order valence-corrected chi connectivity index (χ1v) is 3.67. The molecule has 0 fully saturated rings. The van der Waals surface area contributed by atoms with Crippen LogP contribution in [0.15, 0.2) is 39.7 Å². The Morgan fingerprint density at radius 2 is 2.08 bits per heavy atom. The molecule has 0 bridgehead atoms. The lowest BCUT2D eigenvalue weighted by atomic mass is 10.1. The second-order valence-corrected chi connectivity index (χ2v) is 2.59. The molecule has 0 amide bonds. The average molecular weight is 160 g/mol. The van der Waals surface area contributed by atoms with Crippen LogP contribution in [0.3, 0.4) is 0 Å². The molecule has 0 saturated carbocycles. The summed E-state index contributed by atoms with van der Waals surface area (Å²) in [4.78, 5) is 0. The van der Waals surface area contributed by atoms with Gasteiger partial charge in [0.05, 0.1) is 5.69 Å². The van der Waals surface area contributed by atoms with Gasteiger partial charge in [0.1, 0.15) is 5.84 Å². The monoisotopic (exact) mass is 160 g/mol. The second kappa shape index (κ2) is 2.73. The molecule has 2 rings (SSSR count). The maximum Gasteiger partial charge on any atom is 0.128 e. The lowest BCUT2D eigenvalue weighted by molar-refractivity contribution is 1.06. The van der Waals surface area contributed by atoms with Crippen molar-refractivity contribution in [3.05, 3.63) is 29.8 Å². The topological polar surface area (TPSA) is 63.1 Å². The van der Waals surface area contributed by atoms with Crippen LogP contribution in [-0.2, 0) is 6.42 Å². The minimum atomic E-state index is 0.503. The molecule has 1 aromatic rings. The van der Waals surface area contributed by atoms with E-state index >= 15 is 0 Å². The van der Waals surface area contributed by atoms with E-state index in [1.54, 1.807) is 0 Å². The van der Waals surface area contributed by atoms with Crippen molar-refractivity contribution in [1.82, 2.24) is 0 Å². The molecule has 1 heterocycles. The maximum absolute atomic E-state index is 5.55. The van der Waals surface area contributed by atoms with Gasteiger partial charge in [0.2, 0.25) is 0 Å². The fraction of sp³-hybridized carbons (Fsp3) is 0.125. The van der Waals surface area contributed by atoms with Crippen LogP contribution in [0.1, 0.15) is 5.56 Å². The third kappa shape index (κ3) is 1.18. The fourth-order valence-electron chi connectivity index (χ4n) is 1.12. The highest BCUT2D eigenvalue weighted by Gasteiger charge is 2.05. The largest absolute Gasteiger partial charge is 0.385 e. The van der Waals surface area contributed by atoms with E-state index in [1.165, 1.54) is 0 Å². The molecule has 4 nitrogen and oxygen atoms in total. The van der Waals surface area contributed by atoms with Crippen LogP contribution < -0.4 is 5.73 Å². The molecule has 0 aliphatic carbocycles. The SMILES string of the molecule is NC1=NN=Nc2ccccc2C1. The Hall–Kier alpha value is -1.71. The van der Waals surface area contributed by atoms with Crippen LogP contribution in [-0.4, -0.2) is 5.84 Å². The molecule has 0 radical (unpaired) electrons. The van der Waals surface area contributed by atoms with Gasteiger partial charge in [0.25, 0.3) is 0 Å². The van der Waals surface area contributed by atoms with E-state index in [2.05, 4.69) is 15.4 Å². The lowest BCUT2D eigenvalue weighted by Crippen LogP contribution is -2.13. The third-order valence-corrected chi connectivity index (χ3v) is 1.69. The van der Waals surface area contributed by atoms with Crippen molar-refractivity contribution in [3.63, 3.8) is 0 Å².